The van der Waals surface area contributed by atoms with Gasteiger partial charge in [-0.2, -0.15) is 0 Å². The Kier molecular flexibility index (Phi) is 6.56. The highest BCUT2D eigenvalue weighted by molar-refractivity contribution is 8.00. The van der Waals surface area contributed by atoms with Gasteiger partial charge in [0.25, 0.3) is 0 Å². The second kappa shape index (κ2) is 8.69. The van der Waals surface area contributed by atoms with Crippen molar-refractivity contribution in [3.05, 3.63) is 35.9 Å². The van der Waals surface area contributed by atoms with Crippen molar-refractivity contribution in [1.29, 1.82) is 0 Å². The summed E-state index contributed by atoms with van der Waals surface area (Å²) in [4.78, 5) is 25.4. The van der Waals surface area contributed by atoms with E-state index in [1.807, 2.05) is 30.3 Å². The van der Waals surface area contributed by atoms with Crippen LogP contribution in [0.4, 0.5) is 0 Å². The predicted molar refractivity (Wildman–Crippen MR) is 83.0 cm³/mol. The van der Waals surface area contributed by atoms with Crippen LogP contribution in [0, 0.1) is 0 Å². The molecule has 2 rings (SSSR count). The number of ether oxygens (including phenoxy) is 1. The number of amides is 2. The summed E-state index contributed by atoms with van der Waals surface area (Å²) >= 11 is 1.35. The molecule has 21 heavy (non-hydrogen) atoms. The van der Waals surface area contributed by atoms with E-state index in [0.717, 1.165) is 5.56 Å². The zero-order valence-corrected chi connectivity index (χ0v) is 12.7. The van der Waals surface area contributed by atoms with E-state index in [0.29, 0.717) is 44.4 Å². The maximum absolute atomic E-state index is 11.9. The molecule has 0 spiro atoms. The monoisotopic (exact) mass is 308 g/mol. The average molecular weight is 308 g/mol. The van der Waals surface area contributed by atoms with Crippen LogP contribution in [-0.4, -0.2) is 54.5 Å². The molecule has 6 heteroatoms. The first-order valence-electron chi connectivity index (χ1n) is 6.99. The summed E-state index contributed by atoms with van der Waals surface area (Å²) in [7, 11) is 0. The first-order chi connectivity index (χ1) is 10.3. The smallest absolute Gasteiger partial charge is 0.232 e. The van der Waals surface area contributed by atoms with Crippen LogP contribution >= 0.6 is 11.8 Å². The van der Waals surface area contributed by atoms with Crippen LogP contribution in [0.3, 0.4) is 0 Å². The summed E-state index contributed by atoms with van der Waals surface area (Å²) in [5.41, 5.74) is 1.07. The van der Waals surface area contributed by atoms with Crippen LogP contribution in [0.5, 0.6) is 0 Å². The molecule has 0 aromatic heterocycles. The van der Waals surface area contributed by atoms with Crippen LogP contribution in [-0.2, 0) is 20.9 Å². The maximum atomic E-state index is 11.9. The molecule has 0 saturated carbocycles. The summed E-state index contributed by atoms with van der Waals surface area (Å²) in [6.45, 7) is 3.04. The highest BCUT2D eigenvalue weighted by Gasteiger charge is 2.16. The van der Waals surface area contributed by atoms with E-state index >= 15 is 0 Å². The minimum atomic E-state index is -0.0429. The molecule has 1 saturated heterocycles. The molecule has 1 aliphatic rings. The Morgan fingerprint density at radius 2 is 1.86 bits per heavy atom. The third-order valence-electron chi connectivity index (χ3n) is 3.15. The lowest BCUT2D eigenvalue weighted by Gasteiger charge is -2.26. The van der Waals surface area contributed by atoms with Crippen molar-refractivity contribution in [2.75, 3.05) is 37.8 Å². The third-order valence-corrected chi connectivity index (χ3v) is 4.07. The van der Waals surface area contributed by atoms with E-state index in [2.05, 4.69) is 5.32 Å². The van der Waals surface area contributed by atoms with Gasteiger partial charge in [0.2, 0.25) is 11.8 Å². The van der Waals surface area contributed by atoms with Crippen molar-refractivity contribution in [2.45, 2.75) is 6.54 Å². The number of carbonyl (C=O) groups excluding carboxylic acids is 2. The maximum Gasteiger partial charge on any atom is 0.232 e. The van der Waals surface area contributed by atoms with E-state index < -0.39 is 0 Å². The Labute approximate surface area is 129 Å². The van der Waals surface area contributed by atoms with Crippen molar-refractivity contribution in [2.24, 2.45) is 0 Å². The van der Waals surface area contributed by atoms with Crippen molar-refractivity contribution < 1.29 is 14.3 Å². The fourth-order valence-corrected chi connectivity index (χ4v) is 2.73. The summed E-state index contributed by atoms with van der Waals surface area (Å²) in [5.74, 6) is 0.694. The lowest BCUT2D eigenvalue weighted by molar-refractivity contribution is -0.132. The van der Waals surface area contributed by atoms with Crippen LogP contribution in [0.1, 0.15) is 5.56 Å². The molecule has 114 valence electrons. The quantitative estimate of drug-likeness (QED) is 0.848. The van der Waals surface area contributed by atoms with Gasteiger partial charge in [-0.25, -0.2) is 0 Å². The highest BCUT2D eigenvalue weighted by atomic mass is 32.2. The summed E-state index contributed by atoms with van der Waals surface area (Å²) in [6.07, 6.45) is 0. The Morgan fingerprint density at radius 1 is 1.14 bits per heavy atom. The molecular weight excluding hydrogens is 288 g/mol. The molecule has 1 N–H and O–H groups in total. The Hall–Kier alpha value is -1.53. The summed E-state index contributed by atoms with van der Waals surface area (Å²) in [6, 6.07) is 9.76. The SMILES string of the molecule is O=C(CSCC(=O)N1CCOCC1)NCc1ccccc1. The van der Waals surface area contributed by atoms with Gasteiger partial charge in [-0.3, -0.25) is 9.59 Å². The zero-order chi connectivity index (χ0) is 14.9. The second-order valence-corrected chi connectivity index (χ2v) is 5.73. The second-order valence-electron chi connectivity index (χ2n) is 4.75. The number of morpholine rings is 1. The minimum Gasteiger partial charge on any atom is -0.378 e. The molecule has 0 unspecified atom stereocenters. The van der Waals surface area contributed by atoms with Crippen LogP contribution in [0.15, 0.2) is 30.3 Å². The molecule has 0 aliphatic carbocycles. The van der Waals surface area contributed by atoms with E-state index in [4.69, 9.17) is 4.74 Å². The first-order valence-corrected chi connectivity index (χ1v) is 8.15. The lowest BCUT2D eigenvalue weighted by atomic mass is 10.2. The molecule has 1 fully saturated rings. The first kappa shape index (κ1) is 15.9. The van der Waals surface area contributed by atoms with Gasteiger partial charge in [0.05, 0.1) is 24.7 Å². The average Bonchev–Trinajstić information content (AvgIpc) is 2.54. The minimum absolute atomic E-state index is 0.0429. The lowest BCUT2D eigenvalue weighted by Crippen LogP contribution is -2.41. The fraction of sp³-hybridized carbons (Fsp3) is 0.467. The Balaban J connectivity index is 1.59. The van der Waals surface area contributed by atoms with Gasteiger partial charge in [-0.1, -0.05) is 30.3 Å². The van der Waals surface area contributed by atoms with E-state index in [-0.39, 0.29) is 11.8 Å². The topological polar surface area (TPSA) is 58.6 Å². The number of thioether (sulfide) groups is 1. The molecule has 2 amide bonds. The number of hydrogen-bond acceptors (Lipinski definition) is 4. The summed E-state index contributed by atoms with van der Waals surface area (Å²) in [5, 5.41) is 2.85. The van der Waals surface area contributed by atoms with Gasteiger partial charge >= 0.3 is 0 Å². The van der Waals surface area contributed by atoms with Crippen molar-refractivity contribution in [3.63, 3.8) is 0 Å². The molecule has 0 atom stereocenters. The van der Waals surface area contributed by atoms with Crippen LogP contribution in [0.2, 0.25) is 0 Å². The van der Waals surface area contributed by atoms with Gasteiger partial charge < -0.3 is 15.0 Å². The Bertz CT molecular complexity index is 461. The molecule has 1 aromatic rings. The fourth-order valence-electron chi connectivity index (χ4n) is 1.98. The number of carbonyl (C=O) groups is 2. The molecule has 0 bridgehead atoms. The van der Waals surface area contributed by atoms with Gasteiger partial charge in [-0.15, -0.1) is 11.8 Å². The predicted octanol–water partition coefficient (Wildman–Crippen LogP) is 0.895. The third kappa shape index (κ3) is 5.77. The number of nitrogens with one attached hydrogen (secondary N) is 1. The molecule has 1 heterocycles. The number of hydrogen-bond donors (Lipinski definition) is 1. The van der Waals surface area contributed by atoms with Gasteiger partial charge in [-0.05, 0) is 5.56 Å². The van der Waals surface area contributed by atoms with Crippen molar-refractivity contribution in [1.82, 2.24) is 10.2 Å². The Morgan fingerprint density at radius 3 is 2.57 bits per heavy atom. The largest absolute Gasteiger partial charge is 0.378 e. The van der Waals surface area contributed by atoms with Gasteiger partial charge in [0, 0.05) is 19.6 Å². The van der Waals surface area contributed by atoms with Gasteiger partial charge in [0.1, 0.15) is 0 Å². The van der Waals surface area contributed by atoms with Crippen LogP contribution < -0.4 is 5.32 Å². The van der Waals surface area contributed by atoms with E-state index in [9.17, 15) is 9.59 Å². The molecule has 1 aromatic carbocycles. The normalized spacial score (nSPS) is 14.8. The zero-order valence-electron chi connectivity index (χ0n) is 11.9. The van der Waals surface area contributed by atoms with Gasteiger partial charge in [0.15, 0.2) is 0 Å². The molecule has 5 nitrogen and oxygen atoms in total. The molecule has 0 radical (unpaired) electrons. The highest BCUT2D eigenvalue weighted by Crippen LogP contribution is 2.05. The van der Waals surface area contributed by atoms with E-state index in [1.54, 1.807) is 4.90 Å². The summed E-state index contributed by atoms with van der Waals surface area (Å²) < 4.78 is 5.20. The number of nitrogens with zero attached hydrogens (tertiary/aromatic N) is 1. The van der Waals surface area contributed by atoms with Crippen LogP contribution in [0.25, 0.3) is 0 Å². The molecular formula is C15H20N2O3S. The van der Waals surface area contributed by atoms with Crippen molar-refractivity contribution >= 4 is 23.6 Å². The standard InChI is InChI=1S/C15H20N2O3S/c18-14(16-10-13-4-2-1-3-5-13)11-21-12-15(19)17-6-8-20-9-7-17/h1-5H,6-12H2,(H,16,18). The molecule has 1 aliphatic heterocycles. The number of benzene rings is 1. The van der Waals surface area contributed by atoms with E-state index in [1.165, 1.54) is 11.8 Å². The number of rotatable bonds is 6. The van der Waals surface area contributed by atoms with Crippen molar-refractivity contribution in [3.8, 4) is 0 Å².